The molecule has 0 bridgehead atoms. The van der Waals surface area contributed by atoms with Crippen molar-refractivity contribution in [3.8, 4) is 0 Å². The Hall–Kier alpha value is -1.89. The molecule has 2 aromatic rings. The van der Waals surface area contributed by atoms with Gasteiger partial charge in [-0.05, 0) is 31.2 Å². The Morgan fingerprint density at radius 3 is 2.22 bits per heavy atom. The average Bonchev–Trinajstić information content (AvgIpc) is 2.54. The van der Waals surface area contributed by atoms with Gasteiger partial charge in [0.1, 0.15) is 5.50 Å². The maximum Gasteiger partial charge on any atom is 0.297 e. The van der Waals surface area contributed by atoms with Crippen LogP contribution in [0.25, 0.3) is 0 Å². The van der Waals surface area contributed by atoms with E-state index >= 15 is 0 Å². The van der Waals surface area contributed by atoms with Crippen molar-refractivity contribution in [2.75, 3.05) is 4.90 Å². The molecule has 0 aliphatic carbocycles. The Morgan fingerprint density at radius 2 is 1.65 bits per heavy atom. The third-order valence-corrected chi connectivity index (χ3v) is 5.29. The van der Waals surface area contributed by atoms with Crippen LogP contribution in [0, 0.1) is 6.92 Å². The molecule has 5 nitrogen and oxygen atoms in total. The van der Waals surface area contributed by atoms with Gasteiger partial charge >= 0.3 is 0 Å². The van der Waals surface area contributed by atoms with Crippen molar-refractivity contribution < 1.29 is 17.4 Å². The van der Waals surface area contributed by atoms with Crippen LogP contribution in [0.15, 0.2) is 59.5 Å². The fourth-order valence-corrected chi connectivity index (χ4v) is 3.74. The molecule has 1 fully saturated rings. The van der Waals surface area contributed by atoms with Crippen LogP contribution in [0.1, 0.15) is 5.56 Å². The Morgan fingerprint density at radius 1 is 1.04 bits per heavy atom. The number of halogens is 1. The number of aryl methyl sites for hydroxylation is 1. The zero-order chi connectivity index (χ0) is 16.6. The van der Waals surface area contributed by atoms with Crippen LogP contribution in [0.5, 0.6) is 0 Å². The number of para-hydroxylation sites is 1. The summed E-state index contributed by atoms with van der Waals surface area (Å²) in [5.41, 5.74) is 0.657. The van der Waals surface area contributed by atoms with E-state index in [1.165, 1.54) is 17.0 Å². The zero-order valence-corrected chi connectivity index (χ0v) is 13.8. The van der Waals surface area contributed by atoms with Crippen LogP contribution in [-0.2, 0) is 19.1 Å². The monoisotopic (exact) mass is 351 g/mol. The van der Waals surface area contributed by atoms with Crippen molar-refractivity contribution in [3.05, 3.63) is 60.2 Å². The van der Waals surface area contributed by atoms with E-state index in [0.717, 1.165) is 5.56 Å². The molecule has 1 aliphatic heterocycles. The van der Waals surface area contributed by atoms with Crippen molar-refractivity contribution in [3.63, 3.8) is 0 Å². The Balaban J connectivity index is 1.77. The van der Waals surface area contributed by atoms with E-state index in [2.05, 4.69) is 0 Å². The highest BCUT2D eigenvalue weighted by molar-refractivity contribution is 7.86. The summed E-state index contributed by atoms with van der Waals surface area (Å²) in [5, 5.41) is 0. The van der Waals surface area contributed by atoms with Gasteiger partial charge in [-0.15, -0.1) is 0 Å². The van der Waals surface area contributed by atoms with Gasteiger partial charge in [-0.25, -0.2) is 4.18 Å². The third kappa shape index (κ3) is 2.97. The number of carbonyl (C=O) groups is 1. The van der Waals surface area contributed by atoms with Crippen LogP contribution in [0.4, 0.5) is 5.69 Å². The van der Waals surface area contributed by atoms with Gasteiger partial charge in [0.25, 0.3) is 16.0 Å². The van der Waals surface area contributed by atoms with Crippen LogP contribution < -0.4 is 4.90 Å². The highest BCUT2D eigenvalue weighted by Gasteiger charge is 2.50. The van der Waals surface area contributed by atoms with Crippen molar-refractivity contribution >= 4 is 33.3 Å². The van der Waals surface area contributed by atoms with Crippen LogP contribution in [0.2, 0.25) is 0 Å². The molecular weight excluding hydrogens is 338 g/mol. The predicted octanol–water partition coefficient (Wildman–Crippen LogP) is 2.68. The summed E-state index contributed by atoms with van der Waals surface area (Å²) in [4.78, 5) is 13.5. The highest BCUT2D eigenvalue weighted by Crippen LogP contribution is 2.34. The fraction of sp³-hybridized carbons (Fsp3) is 0.188. The number of carbonyl (C=O) groups excluding carboxylic acids is 1. The molecule has 1 aliphatic rings. The summed E-state index contributed by atoms with van der Waals surface area (Å²) in [5.74, 6) is -0.480. The molecule has 1 heterocycles. The van der Waals surface area contributed by atoms with Gasteiger partial charge in [-0.1, -0.05) is 47.5 Å². The molecule has 0 unspecified atom stereocenters. The first-order valence-corrected chi connectivity index (χ1v) is 8.77. The van der Waals surface area contributed by atoms with Crippen molar-refractivity contribution in [1.29, 1.82) is 0 Å². The quantitative estimate of drug-likeness (QED) is 0.368. The number of amides is 1. The van der Waals surface area contributed by atoms with E-state index in [0.29, 0.717) is 5.69 Å². The number of β-lactam (4-membered cyclic amide) rings is 1. The predicted molar refractivity (Wildman–Crippen MR) is 86.8 cm³/mol. The van der Waals surface area contributed by atoms with Crippen molar-refractivity contribution in [1.82, 2.24) is 0 Å². The largest absolute Gasteiger partial charge is 0.297 e. The summed E-state index contributed by atoms with van der Waals surface area (Å²) in [7, 11) is -4.04. The lowest BCUT2D eigenvalue weighted by Gasteiger charge is -2.42. The SMILES string of the molecule is Cc1ccc(S(=O)(=O)O[C@@H]2C(=O)N(c3ccccc3)[C@H]2Cl)cc1. The number of alkyl halides is 1. The molecule has 2 atom stereocenters. The number of nitrogens with zero attached hydrogens (tertiary/aromatic N) is 1. The molecule has 0 spiro atoms. The number of benzene rings is 2. The van der Waals surface area contributed by atoms with Gasteiger partial charge in [0.05, 0.1) is 4.90 Å². The minimum atomic E-state index is -4.04. The maximum atomic E-state index is 12.2. The van der Waals surface area contributed by atoms with E-state index in [1.54, 1.807) is 36.4 Å². The van der Waals surface area contributed by atoms with Crippen LogP contribution in [0.3, 0.4) is 0 Å². The summed E-state index contributed by atoms with van der Waals surface area (Å²) >= 11 is 6.14. The van der Waals surface area contributed by atoms with E-state index in [9.17, 15) is 13.2 Å². The third-order valence-electron chi connectivity index (χ3n) is 3.55. The molecule has 3 rings (SSSR count). The van der Waals surface area contributed by atoms with Gasteiger partial charge in [-0.3, -0.25) is 9.69 Å². The second kappa shape index (κ2) is 5.96. The smallest absolute Gasteiger partial charge is 0.290 e. The molecule has 1 amide bonds. The molecular formula is C16H14ClNO4S. The number of hydrogen-bond donors (Lipinski definition) is 0. The van der Waals surface area contributed by atoms with Gasteiger partial charge in [0.15, 0.2) is 6.10 Å². The normalized spacial score (nSPS) is 21.1. The molecule has 1 saturated heterocycles. The van der Waals surface area contributed by atoms with E-state index in [1.807, 2.05) is 13.0 Å². The number of hydrogen-bond acceptors (Lipinski definition) is 4. The van der Waals surface area contributed by atoms with E-state index < -0.39 is 27.6 Å². The molecule has 0 aromatic heterocycles. The average molecular weight is 352 g/mol. The first-order valence-electron chi connectivity index (χ1n) is 6.92. The Kier molecular flexibility index (Phi) is 4.14. The topological polar surface area (TPSA) is 63.7 Å². The first kappa shape index (κ1) is 16.0. The molecule has 0 N–H and O–H groups in total. The molecule has 2 aromatic carbocycles. The molecule has 7 heteroatoms. The fourth-order valence-electron chi connectivity index (χ4n) is 2.27. The lowest BCUT2D eigenvalue weighted by atomic mass is 10.1. The summed E-state index contributed by atoms with van der Waals surface area (Å²) in [6.07, 6.45) is -1.22. The van der Waals surface area contributed by atoms with E-state index in [-0.39, 0.29) is 4.90 Å². The van der Waals surface area contributed by atoms with E-state index in [4.69, 9.17) is 15.8 Å². The summed E-state index contributed by atoms with van der Waals surface area (Å²) < 4.78 is 29.5. The van der Waals surface area contributed by atoms with Gasteiger partial charge in [-0.2, -0.15) is 8.42 Å². The zero-order valence-electron chi connectivity index (χ0n) is 12.2. The maximum absolute atomic E-state index is 12.2. The van der Waals surface area contributed by atoms with Gasteiger partial charge in [0, 0.05) is 5.69 Å². The molecule has 120 valence electrons. The Bertz CT molecular complexity index is 821. The van der Waals surface area contributed by atoms with Crippen molar-refractivity contribution in [2.45, 2.75) is 23.4 Å². The minimum absolute atomic E-state index is 0.00192. The minimum Gasteiger partial charge on any atom is -0.290 e. The van der Waals surface area contributed by atoms with Gasteiger partial charge < -0.3 is 0 Å². The summed E-state index contributed by atoms with van der Waals surface area (Å²) in [6, 6.07) is 15.0. The van der Waals surface area contributed by atoms with Crippen molar-refractivity contribution in [2.24, 2.45) is 0 Å². The van der Waals surface area contributed by atoms with Crippen LogP contribution >= 0.6 is 11.6 Å². The highest BCUT2D eigenvalue weighted by atomic mass is 35.5. The Labute approximate surface area is 139 Å². The van der Waals surface area contributed by atoms with Crippen LogP contribution in [-0.4, -0.2) is 25.9 Å². The first-order chi connectivity index (χ1) is 10.9. The lowest BCUT2D eigenvalue weighted by Crippen LogP contribution is -2.64. The lowest BCUT2D eigenvalue weighted by molar-refractivity contribution is -0.132. The van der Waals surface area contributed by atoms with Gasteiger partial charge in [0.2, 0.25) is 0 Å². The summed E-state index contributed by atoms with van der Waals surface area (Å²) in [6.45, 7) is 1.85. The second-order valence-corrected chi connectivity index (χ2v) is 7.22. The molecule has 0 radical (unpaired) electrons. The number of anilines is 1. The number of rotatable bonds is 4. The molecule has 23 heavy (non-hydrogen) atoms. The second-order valence-electron chi connectivity index (χ2n) is 5.20. The molecule has 0 saturated carbocycles. The standard InChI is InChI=1S/C16H14ClNO4S/c1-11-7-9-13(10-8-11)23(20,21)22-14-15(17)18(16(14)19)12-5-3-2-4-6-12/h2-10,14-15H,1H3/t14-,15+/m0/s1.